The number of carbonyl (C=O) groups excluding carboxylic acids is 1. The standard InChI is InChI=1S/C22H17F5N6O/c23-11-7-30-20(31-8-11)19-13(2-1-3-14(19)24)21(34)33-12-4-5-16(33)15(6-12)32-18-10-28-17(9-29-18)22(25,26)27/h1-3,7-10,12,15-16H,4-6H2,(H,29,32)/t12-,15-,16+/m1/s1. The smallest absolute Gasteiger partial charge is 0.364 e. The van der Waals surface area contributed by atoms with Gasteiger partial charge in [-0.05, 0) is 31.4 Å². The van der Waals surface area contributed by atoms with Crippen molar-refractivity contribution in [3.05, 3.63) is 65.9 Å². The minimum Gasteiger partial charge on any atom is -0.364 e. The van der Waals surface area contributed by atoms with Crippen molar-refractivity contribution < 1.29 is 26.7 Å². The fourth-order valence-electron chi connectivity index (χ4n) is 4.71. The number of carbonyl (C=O) groups is 1. The van der Waals surface area contributed by atoms with Crippen LogP contribution in [0.2, 0.25) is 0 Å². The van der Waals surface area contributed by atoms with Crippen molar-refractivity contribution in [3.8, 4) is 11.4 Å². The molecule has 176 valence electrons. The highest BCUT2D eigenvalue weighted by atomic mass is 19.4. The molecular formula is C22H17F5N6O. The predicted molar refractivity (Wildman–Crippen MR) is 109 cm³/mol. The van der Waals surface area contributed by atoms with Gasteiger partial charge in [-0.15, -0.1) is 0 Å². The molecule has 2 aliphatic heterocycles. The first-order valence-corrected chi connectivity index (χ1v) is 10.5. The van der Waals surface area contributed by atoms with Crippen LogP contribution in [0.5, 0.6) is 0 Å². The molecule has 3 aromatic rings. The van der Waals surface area contributed by atoms with Crippen LogP contribution >= 0.6 is 0 Å². The lowest BCUT2D eigenvalue weighted by atomic mass is 9.95. The number of hydrogen-bond donors (Lipinski definition) is 1. The summed E-state index contributed by atoms with van der Waals surface area (Å²) in [7, 11) is 0. The van der Waals surface area contributed by atoms with Crippen molar-refractivity contribution in [3.63, 3.8) is 0 Å². The molecule has 12 heteroatoms. The lowest BCUT2D eigenvalue weighted by molar-refractivity contribution is -0.141. The van der Waals surface area contributed by atoms with Gasteiger partial charge < -0.3 is 10.2 Å². The molecule has 2 fully saturated rings. The van der Waals surface area contributed by atoms with Crippen LogP contribution in [0.3, 0.4) is 0 Å². The molecule has 4 heterocycles. The van der Waals surface area contributed by atoms with Crippen LogP contribution in [0.4, 0.5) is 27.8 Å². The minimum atomic E-state index is -4.59. The van der Waals surface area contributed by atoms with Crippen LogP contribution in [-0.2, 0) is 6.18 Å². The molecule has 0 unspecified atom stereocenters. The van der Waals surface area contributed by atoms with E-state index >= 15 is 0 Å². The Morgan fingerprint density at radius 3 is 2.44 bits per heavy atom. The van der Waals surface area contributed by atoms with E-state index in [1.165, 1.54) is 18.2 Å². The average Bonchev–Trinajstić information content (AvgIpc) is 3.37. The summed E-state index contributed by atoms with van der Waals surface area (Å²) in [5.74, 6) is -1.75. The molecule has 34 heavy (non-hydrogen) atoms. The minimum absolute atomic E-state index is 0.0541. The van der Waals surface area contributed by atoms with Gasteiger partial charge in [0.25, 0.3) is 5.91 Å². The third-order valence-corrected chi connectivity index (χ3v) is 6.13. The van der Waals surface area contributed by atoms with Crippen molar-refractivity contribution in [1.29, 1.82) is 0 Å². The number of benzene rings is 1. The molecule has 2 aromatic heterocycles. The molecule has 2 bridgehead atoms. The van der Waals surface area contributed by atoms with E-state index in [1.807, 2.05) is 0 Å². The van der Waals surface area contributed by atoms with Crippen LogP contribution in [0.1, 0.15) is 35.3 Å². The van der Waals surface area contributed by atoms with Gasteiger partial charge in [0, 0.05) is 6.04 Å². The molecular weight excluding hydrogens is 459 g/mol. The highest BCUT2D eigenvalue weighted by Gasteiger charge is 2.49. The van der Waals surface area contributed by atoms with Crippen LogP contribution in [0.25, 0.3) is 11.4 Å². The van der Waals surface area contributed by atoms with Crippen molar-refractivity contribution in [2.45, 2.75) is 43.6 Å². The van der Waals surface area contributed by atoms with Gasteiger partial charge in [-0.1, -0.05) is 6.07 Å². The highest BCUT2D eigenvalue weighted by molar-refractivity contribution is 6.01. The molecule has 5 rings (SSSR count). The molecule has 0 spiro atoms. The Kier molecular flexibility index (Phi) is 5.37. The van der Waals surface area contributed by atoms with E-state index in [2.05, 4.69) is 25.3 Å². The average molecular weight is 476 g/mol. The fourth-order valence-corrected chi connectivity index (χ4v) is 4.71. The number of aromatic nitrogens is 4. The second kappa shape index (κ2) is 8.26. The van der Waals surface area contributed by atoms with E-state index in [1.54, 1.807) is 4.90 Å². The maximum absolute atomic E-state index is 14.7. The van der Waals surface area contributed by atoms with Gasteiger partial charge >= 0.3 is 6.18 Å². The van der Waals surface area contributed by atoms with Gasteiger partial charge in [0.2, 0.25) is 0 Å². The van der Waals surface area contributed by atoms with Crippen LogP contribution in [0.15, 0.2) is 43.0 Å². The van der Waals surface area contributed by atoms with Gasteiger partial charge in [0.15, 0.2) is 17.3 Å². The number of fused-ring (bicyclic) bond motifs is 2. The monoisotopic (exact) mass is 476 g/mol. The first kappa shape index (κ1) is 22.1. The normalized spacial score (nSPS) is 21.7. The highest BCUT2D eigenvalue weighted by Crippen LogP contribution is 2.41. The zero-order valence-corrected chi connectivity index (χ0v) is 17.4. The van der Waals surface area contributed by atoms with E-state index in [0.717, 1.165) is 25.0 Å². The third-order valence-electron chi connectivity index (χ3n) is 6.13. The molecule has 1 N–H and O–H groups in total. The molecule has 0 radical (unpaired) electrons. The van der Waals surface area contributed by atoms with Crippen molar-refractivity contribution in [1.82, 2.24) is 24.8 Å². The van der Waals surface area contributed by atoms with Gasteiger partial charge in [0.1, 0.15) is 11.6 Å². The lowest BCUT2D eigenvalue weighted by Gasteiger charge is -2.26. The predicted octanol–water partition coefficient (Wildman–Crippen LogP) is 4.09. The summed E-state index contributed by atoms with van der Waals surface area (Å²) < 4.78 is 66.2. The molecule has 0 saturated carbocycles. The van der Waals surface area contributed by atoms with Gasteiger partial charge in [-0.25, -0.2) is 28.7 Å². The van der Waals surface area contributed by atoms with Gasteiger partial charge in [-0.3, -0.25) is 4.79 Å². The van der Waals surface area contributed by atoms with Gasteiger partial charge in [-0.2, -0.15) is 13.2 Å². The number of amides is 1. The van der Waals surface area contributed by atoms with Gasteiger partial charge in [0.05, 0.1) is 48.0 Å². The Hall–Kier alpha value is -3.70. The number of alkyl halides is 3. The number of rotatable bonds is 4. The number of anilines is 1. The Balaban J connectivity index is 1.39. The molecule has 7 nitrogen and oxygen atoms in total. The maximum atomic E-state index is 14.7. The molecule has 2 aliphatic rings. The molecule has 2 saturated heterocycles. The van der Waals surface area contributed by atoms with E-state index < -0.39 is 29.4 Å². The number of halogens is 5. The Morgan fingerprint density at radius 2 is 1.76 bits per heavy atom. The van der Waals surface area contributed by atoms with E-state index in [0.29, 0.717) is 19.0 Å². The maximum Gasteiger partial charge on any atom is 0.434 e. The molecule has 0 aliphatic carbocycles. The fraction of sp³-hybridized carbons (Fsp3) is 0.318. The van der Waals surface area contributed by atoms with Crippen LogP contribution in [0, 0.1) is 11.6 Å². The largest absolute Gasteiger partial charge is 0.434 e. The van der Waals surface area contributed by atoms with Crippen molar-refractivity contribution >= 4 is 11.7 Å². The molecule has 1 amide bonds. The zero-order valence-electron chi connectivity index (χ0n) is 17.4. The topological polar surface area (TPSA) is 83.9 Å². The Labute approximate surface area is 190 Å². The molecule has 3 atom stereocenters. The number of hydrogen-bond acceptors (Lipinski definition) is 6. The quantitative estimate of drug-likeness (QED) is 0.572. The number of nitrogens with one attached hydrogen (secondary N) is 1. The van der Waals surface area contributed by atoms with Crippen molar-refractivity contribution in [2.75, 3.05) is 5.32 Å². The lowest BCUT2D eigenvalue weighted by Crippen LogP contribution is -2.40. The van der Waals surface area contributed by atoms with Crippen LogP contribution < -0.4 is 5.32 Å². The molecule has 1 aromatic carbocycles. The Bertz CT molecular complexity index is 1220. The zero-order chi connectivity index (χ0) is 24.0. The first-order chi connectivity index (χ1) is 16.2. The summed E-state index contributed by atoms with van der Waals surface area (Å²) in [5.41, 5.74) is -1.15. The summed E-state index contributed by atoms with van der Waals surface area (Å²) in [6, 6.07) is 3.38. The summed E-state index contributed by atoms with van der Waals surface area (Å²) in [5, 5.41) is 3.08. The van der Waals surface area contributed by atoms with Crippen molar-refractivity contribution in [2.24, 2.45) is 0 Å². The Morgan fingerprint density at radius 1 is 1.00 bits per heavy atom. The van der Waals surface area contributed by atoms with E-state index in [4.69, 9.17) is 0 Å². The summed E-state index contributed by atoms with van der Waals surface area (Å²) in [4.78, 5) is 30.0. The second-order valence-electron chi connectivity index (χ2n) is 8.17. The third kappa shape index (κ3) is 3.93. The SMILES string of the molecule is O=C(c1cccc(F)c1-c1ncc(F)cn1)N1[C@@H]2CC[C@H]1[C@H](Nc1cnc(C(F)(F)F)cn1)C2. The van der Waals surface area contributed by atoms with E-state index in [-0.39, 0.29) is 40.9 Å². The van der Waals surface area contributed by atoms with E-state index in [9.17, 15) is 26.7 Å². The summed E-state index contributed by atoms with van der Waals surface area (Å²) >= 11 is 0. The van der Waals surface area contributed by atoms with Crippen LogP contribution in [-0.4, -0.2) is 48.9 Å². The number of nitrogens with zero attached hydrogens (tertiary/aromatic N) is 5. The first-order valence-electron chi connectivity index (χ1n) is 10.5. The summed E-state index contributed by atoms with van der Waals surface area (Å²) in [6.45, 7) is 0. The summed E-state index contributed by atoms with van der Waals surface area (Å²) in [6.07, 6.45) is 0.832. The second-order valence-corrected chi connectivity index (χ2v) is 8.17.